The third kappa shape index (κ3) is 4.58. The van der Waals surface area contributed by atoms with Crippen LogP contribution in [0.5, 0.6) is 0 Å². The third-order valence-corrected chi connectivity index (χ3v) is 5.38. The zero-order chi connectivity index (χ0) is 19.4. The molecule has 0 atom stereocenters. The molecule has 10 heteroatoms. The van der Waals surface area contributed by atoms with Crippen LogP contribution in [0.3, 0.4) is 0 Å². The summed E-state index contributed by atoms with van der Waals surface area (Å²) >= 11 is 12.9. The first-order valence-corrected chi connectivity index (χ1v) is 9.47. The molecule has 0 aromatic heterocycles. The van der Waals surface area contributed by atoms with Gasteiger partial charge in [-0.2, -0.15) is 0 Å². The van der Waals surface area contributed by atoms with Crippen molar-refractivity contribution in [2.45, 2.75) is 0 Å². The third-order valence-electron chi connectivity index (χ3n) is 3.64. The largest absolute Gasteiger partial charge is 0.494 e. The van der Waals surface area contributed by atoms with Gasteiger partial charge in [-0.15, -0.1) is 0 Å². The fourth-order valence-electron chi connectivity index (χ4n) is 2.32. The maximum atomic E-state index is 12.5. The predicted octanol–water partition coefficient (Wildman–Crippen LogP) is 3.03. The molecule has 0 saturated carbocycles. The monoisotopic (exact) mass is 428 g/mol. The lowest BCUT2D eigenvalue weighted by molar-refractivity contribution is -0.124. The number of thioether (sulfide) groups is 1. The summed E-state index contributed by atoms with van der Waals surface area (Å²) in [4.78, 5) is 37.8. The zero-order valence-corrected chi connectivity index (χ0v) is 16.2. The fraction of sp³-hybridized carbons (Fsp3) is 0.235. The molecule has 1 saturated heterocycles. The van der Waals surface area contributed by atoms with Gasteiger partial charge in [0.2, 0.25) is 5.76 Å². The quantitative estimate of drug-likeness (QED) is 0.725. The first-order valence-electron chi connectivity index (χ1n) is 7.89. The lowest BCUT2D eigenvalue weighted by atomic mass is 10.2. The van der Waals surface area contributed by atoms with Crippen molar-refractivity contribution < 1.29 is 23.9 Å². The second-order valence-electron chi connectivity index (χ2n) is 5.43. The molecular formula is C17H14Cl2N2O5S. The van der Waals surface area contributed by atoms with Crippen LogP contribution in [-0.2, 0) is 19.1 Å². The van der Waals surface area contributed by atoms with Gasteiger partial charge in [-0.3, -0.25) is 19.3 Å². The van der Waals surface area contributed by atoms with Gasteiger partial charge in [0.25, 0.3) is 17.1 Å². The molecule has 1 aromatic rings. The minimum atomic E-state index is -0.470. The highest BCUT2D eigenvalue weighted by Gasteiger charge is 2.35. The van der Waals surface area contributed by atoms with Crippen LogP contribution in [0.2, 0.25) is 10.0 Å². The molecule has 0 bridgehead atoms. The molecule has 7 nitrogen and oxygen atoms in total. The van der Waals surface area contributed by atoms with Crippen molar-refractivity contribution in [3.63, 3.8) is 0 Å². The van der Waals surface area contributed by atoms with E-state index in [9.17, 15) is 14.4 Å². The van der Waals surface area contributed by atoms with E-state index in [1.165, 1.54) is 12.3 Å². The summed E-state index contributed by atoms with van der Waals surface area (Å²) in [7, 11) is 0. The Kier molecular flexibility index (Phi) is 6.30. The normalized spacial score (nSPS) is 18.2. The van der Waals surface area contributed by atoms with Crippen molar-refractivity contribution in [3.05, 3.63) is 50.7 Å². The Morgan fingerprint density at radius 3 is 2.85 bits per heavy atom. The lowest BCUT2D eigenvalue weighted by Crippen LogP contribution is -2.38. The van der Waals surface area contributed by atoms with Gasteiger partial charge in [0.15, 0.2) is 0 Å². The number of benzene rings is 1. The van der Waals surface area contributed by atoms with E-state index in [0.717, 1.165) is 16.7 Å². The Hall–Kier alpha value is -2.16. The smallest absolute Gasteiger partial charge is 0.293 e. The van der Waals surface area contributed by atoms with Crippen LogP contribution < -0.4 is 5.32 Å². The average molecular weight is 429 g/mol. The summed E-state index contributed by atoms with van der Waals surface area (Å²) in [5, 5.41) is 2.82. The average Bonchev–Trinajstić information content (AvgIpc) is 2.93. The fourth-order valence-corrected chi connectivity index (χ4v) is 3.54. The molecule has 0 aliphatic carbocycles. The molecule has 1 aromatic carbocycles. The summed E-state index contributed by atoms with van der Waals surface area (Å²) in [5.41, 5.74) is 0.546. The number of rotatable bonds is 5. The van der Waals surface area contributed by atoms with Crippen molar-refractivity contribution in [1.29, 1.82) is 0 Å². The minimum absolute atomic E-state index is 0.0329. The van der Waals surface area contributed by atoms with Gasteiger partial charge in [-0.1, -0.05) is 35.3 Å². The van der Waals surface area contributed by atoms with Gasteiger partial charge in [-0.25, -0.2) is 0 Å². The molecule has 2 aliphatic rings. The first-order chi connectivity index (χ1) is 13.0. The molecule has 3 amide bonds. The standard InChI is InChI=1S/C17H14Cl2N2O5S/c18-11-3-1-2-10(14(11)19)8-13-16(23)21(17(24)27-13)5-4-20-15(22)12-9-25-6-7-26-12/h1-3,8-9H,4-7H2,(H,20,22). The highest BCUT2D eigenvalue weighted by molar-refractivity contribution is 8.18. The van der Waals surface area contributed by atoms with Crippen molar-refractivity contribution in [2.75, 3.05) is 26.3 Å². The lowest BCUT2D eigenvalue weighted by Gasteiger charge is -2.16. The maximum Gasteiger partial charge on any atom is 0.293 e. The number of amides is 3. The van der Waals surface area contributed by atoms with Crippen molar-refractivity contribution in [1.82, 2.24) is 10.2 Å². The topological polar surface area (TPSA) is 84.9 Å². The molecule has 0 unspecified atom stereocenters. The van der Waals surface area contributed by atoms with Gasteiger partial charge in [0.05, 0.1) is 15.0 Å². The van der Waals surface area contributed by atoms with Crippen LogP contribution >= 0.6 is 35.0 Å². The van der Waals surface area contributed by atoms with E-state index in [1.807, 2.05) is 0 Å². The Morgan fingerprint density at radius 1 is 1.30 bits per heavy atom. The summed E-state index contributed by atoms with van der Waals surface area (Å²) in [6, 6.07) is 5.03. The van der Waals surface area contributed by atoms with Gasteiger partial charge < -0.3 is 14.8 Å². The minimum Gasteiger partial charge on any atom is -0.494 e. The number of nitrogens with one attached hydrogen (secondary N) is 1. The van der Waals surface area contributed by atoms with Crippen LogP contribution in [0.1, 0.15) is 5.56 Å². The Balaban J connectivity index is 1.61. The summed E-state index contributed by atoms with van der Waals surface area (Å²) in [5.74, 6) is -0.861. The second-order valence-corrected chi connectivity index (χ2v) is 7.21. The van der Waals surface area contributed by atoms with Gasteiger partial charge in [-0.05, 0) is 29.5 Å². The molecular weight excluding hydrogens is 415 g/mol. The van der Waals surface area contributed by atoms with Gasteiger partial charge in [0, 0.05) is 13.1 Å². The Bertz CT molecular complexity index is 856. The van der Waals surface area contributed by atoms with Crippen LogP contribution in [0, 0.1) is 0 Å². The number of hydrogen-bond donors (Lipinski definition) is 1. The number of carbonyl (C=O) groups excluding carboxylic acids is 3. The molecule has 27 heavy (non-hydrogen) atoms. The van der Waals surface area contributed by atoms with E-state index in [-0.39, 0.29) is 23.8 Å². The maximum absolute atomic E-state index is 12.5. The van der Waals surface area contributed by atoms with Crippen LogP contribution in [0.4, 0.5) is 4.79 Å². The SMILES string of the molecule is O=C(NCCN1C(=O)SC(=Cc2cccc(Cl)c2Cl)C1=O)C1=COCCO1. The molecule has 0 radical (unpaired) electrons. The van der Waals surface area contributed by atoms with Crippen molar-refractivity contribution in [2.24, 2.45) is 0 Å². The summed E-state index contributed by atoms with van der Waals surface area (Å²) in [6.45, 7) is 0.795. The first kappa shape index (κ1) is 19.6. The van der Waals surface area contributed by atoms with Crippen molar-refractivity contribution >= 4 is 58.1 Å². The molecule has 1 fully saturated rings. The van der Waals surface area contributed by atoms with Crippen LogP contribution in [-0.4, -0.2) is 48.3 Å². The number of carbonyl (C=O) groups is 3. The van der Waals surface area contributed by atoms with Gasteiger partial charge in [0.1, 0.15) is 19.5 Å². The van der Waals surface area contributed by atoms with E-state index in [0.29, 0.717) is 28.8 Å². The number of halogens is 2. The molecule has 2 aliphatic heterocycles. The molecule has 142 valence electrons. The van der Waals surface area contributed by atoms with Gasteiger partial charge >= 0.3 is 0 Å². The van der Waals surface area contributed by atoms with E-state index in [2.05, 4.69) is 5.32 Å². The molecule has 1 N–H and O–H groups in total. The predicted molar refractivity (Wildman–Crippen MR) is 102 cm³/mol. The van der Waals surface area contributed by atoms with E-state index < -0.39 is 17.1 Å². The Morgan fingerprint density at radius 2 is 2.11 bits per heavy atom. The van der Waals surface area contributed by atoms with E-state index in [4.69, 9.17) is 32.7 Å². The number of imide groups is 1. The highest BCUT2D eigenvalue weighted by atomic mass is 35.5. The van der Waals surface area contributed by atoms with Crippen molar-refractivity contribution in [3.8, 4) is 0 Å². The number of hydrogen-bond acceptors (Lipinski definition) is 6. The zero-order valence-electron chi connectivity index (χ0n) is 13.9. The molecule has 2 heterocycles. The van der Waals surface area contributed by atoms with Crippen LogP contribution in [0.15, 0.2) is 35.1 Å². The van der Waals surface area contributed by atoms with E-state index >= 15 is 0 Å². The van der Waals surface area contributed by atoms with E-state index in [1.54, 1.807) is 18.2 Å². The highest BCUT2D eigenvalue weighted by Crippen LogP contribution is 2.34. The number of ether oxygens (including phenoxy) is 2. The summed E-state index contributed by atoms with van der Waals surface area (Å²) in [6.07, 6.45) is 2.76. The Labute approximate surface area is 169 Å². The second kappa shape index (κ2) is 8.69. The summed E-state index contributed by atoms with van der Waals surface area (Å²) < 4.78 is 10.2. The van der Waals surface area contributed by atoms with Crippen LogP contribution in [0.25, 0.3) is 6.08 Å². The molecule has 0 spiro atoms. The number of nitrogens with zero attached hydrogens (tertiary/aromatic N) is 1. The molecule has 3 rings (SSSR count).